The minimum Gasteiger partial charge on any atom is -0.341 e. The van der Waals surface area contributed by atoms with Crippen LogP contribution < -0.4 is 0 Å². The van der Waals surface area contributed by atoms with Gasteiger partial charge in [0.05, 0.1) is 6.42 Å². The quantitative estimate of drug-likeness (QED) is 0.775. The molecular weight excluding hydrogens is 256 g/mol. The number of amides is 1. The largest absolute Gasteiger partial charge is 0.341 e. The van der Waals surface area contributed by atoms with Crippen LogP contribution in [0.25, 0.3) is 0 Å². The average Bonchev–Trinajstić information content (AvgIpc) is 2.37. The highest BCUT2D eigenvalue weighted by Gasteiger charge is 2.13. The lowest BCUT2D eigenvalue weighted by atomic mass is 10.1. The summed E-state index contributed by atoms with van der Waals surface area (Å²) in [6.07, 6.45) is 1.47. The number of thiol groups is 1. The van der Waals surface area contributed by atoms with Crippen molar-refractivity contribution in [1.29, 1.82) is 0 Å². The summed E-state index contributed by atoms with van der Waals surface area (Å²) in [6, 6.07) is 7.79. The lowest BCUT2D eigenvalue weighted by Gasteiger charge is -2.24. The van der Waals surface area contributed by atoms with E-state index in [-0.39, 0.29) is 5.91 Å². The third kappa shape index (κ3) is 6.12. The Hall–Kier alpha value is -1.00. The Kier molecular flexibility index (Phi) is 6.95. The lowest BCUT2D eigenvalue weighted by molar-refractivity contribution is -0.130. The van der Waals surface area contributed by atoms with E-state index < -0.39 is 0 Å². The highest BCUT2D eigenvalue weighted by molar-refractivity contribution is 7.80. The van der Waals surface area contributed by atoms with E-state index in [0.717, 1.165) is 36.5 Å². The molecule has 0 aliphatic heterocycles. The highest BCUT2D eigenvalue weighted by Crippen LogP contribution is 2.09. The maximum Gasteiger partial charge on any atom is 0.227 e. The molecule has 0 bridgehead atoms. The predicted molar refractivity (Wildman–Crippen MR) is 82.8 cm³/mol. The normalized spacial score (nSPS) is 10.8. The maximum absolute atomic E-state index is 12.3. The Labute approximate surface area is 122 Å². The van der Waals surface area contributed by atoms with Gasteiger partial charge in [0.1, 0.15) is 0 Å². The van der Waals surface area contributed by atoms with E-state index in [1.165, 1.54) is 0 Å². The fourth-order valence-corrected chi connectivity index (χ4v) is 2.00. The Morgan fingerprint density at radius 1 is 1.11 bits per heavy atom. The van der Waals surface area contributed by atoms with Crippen molar-refractivity contribution >= 4 is 18.5 Å². The zero-order chi connectivity index (χ0) is 14.3. The summed E-state index contributed by atoms with van der Waals surface area (Å²) in [4.78, 5) is 17.3. The summed E-state index contributed by atoms with van der Waals surface area (Å²) in [6.45, 7) is 4.63. The molecule has 0 heterocycles. The van der Waals surface area contributed by atoms with Crippen molar-refractivity contribution in [3.63, 3.8) is 0 Å². The highest BCUT2D eigenvalue weighted by atomic mass is 32.1. The molecule has 1 aromatic rings. The summed E-state index contributed by atoms with van der Waals surface area (Å²) < 4.78 is 0. The van der Waals surface area contributed by atoms with Gasteiger partial charge in [-0.3, -0.25) is 4.79 Å². The van der Waals surface area contributed by atoms with Crippen LogP contribution in [0.1, 0.15) is 18.9 Å². The van der Waals surface area contributed by atoms with E-state index >= 15 is 0 Å². The van der Waals surface area contributed by atoms with Crippen molar-refractivity contribution in [2.24, 2.45) is 0 Å². The second-order valence-electron chi connectivity index (χ2n) is 5.03. The second kappa shape index (κ2) is 8.23. The Balaban J connectivity index is 2.58. The number of carbonyl (C=O) groups is 1. The van der Waals surface area contributed by atoms with Crippen molar-refractivity contribution < 1.29 is 4.79 Å². The average molecular weight is 280 g/mol. The Morgan fingerprint density at radius 3 is 2.26 bits per heavy atom. The molecule has 0 aliphatic rings. The van der Waals surface area contributed by atoms with Crippen LogP contribution in [0.2, 0.25) is 0 Å². The van der Waals surface area contributed by atoms with Gasteiger partial charge in [0.2, 0.25) is 5.91 Å². The number of carbonyl (C=O) groups excluding carboxylic acids is 1. The first kappa shape index (κ1) is 16.1. The molecule has 1 rings (SSSR count). The predicted octanol–water partition coefficient (Wildman–Crippen LogP) is 2.32. The molecule has 1 aromatic carbocycles. The van der Waals surface area contributed by atoms with Crippen LogP contribution in [0.4, 0.5) is 0 Å². The minimum atomic E-state index is 0.204. The zero-order valence-electron chi connectivity index (χ0n) is 12.1. The number of nitrogens with zero attached hydrogens (tertiary/aromatic N) is 2. The van der Waals surface area contributed by atoms with Gasteiger partial charge in [-0.15, -0.1) is 12.6 Å². The molecule has 0 saturated heterocycles. The van der Waals surface area contributed by atoms with Crippen molar-refractivity contribution in [3.8, 4) is 0 Å². The van der Waals surface area contributed by atoms with E-state index in [2.05, 4.69) is 24.5 Å². The molecule has 4 heteroatoms. The summed E-state index contributed by atoms with van der Waals surface area (Å²) in [7, 11) is 4.06. The fraction of sp³-hybridized carbons (Fsp3) is 0.533. The summed E-state index contributed by atoms with van der Waals surface area (Å²) in [5.41, 5.74) is 1.05. The first-order chi connectivity index (χ1) is 9.02. The van der Waals surface area contributed by atoms with Crippen LogP contribution in [0.3, 0.4) is 0 Å². The molecule has 0 unspecified atom stereocenters. The molecule has 0 spiro atoms. The molecule has 3 nitrogen and oxygen atoms in total. The molecule has 0 atom stereocenters. The maximum atomic E-state index is 12.3. The van der Waals surface area contributed by atoms with Gasteiger partial charge >= 0.3 is 0 Å². The van der Waals surface area contributed by atoms with Crippen molar-refractivity contribution in [3.05, 3.63) is 29.8 Å². The van der Waals surface area contributed by atoms with Gasteiger partial charge in [-0.05, 0) is 38.2 Å². The van der Waals surface area contributed by atoms with Gasteiger partial charge in [0.25, 0.3) is 0 Å². The van der Waals surface area contributed by atoms with Gasteiger partial charge in [-0.1, -0.05) is 19.1 Å². The third-order valence-corrected chi connectivity index (χ3v) is 3.25. The Morgan fingerprint density at radius 2 is 1.74 bits per heavy atom. The van der Waals surface area contributed by atoms with Crippen LogP contribution in [-0.4, -0.2) is 49.4 Å². The molecule has 0 N–H and O–H groups in total. The zero-order valence-corrected chi connectivity index (χ0v) is 13.0. The molecule has 0 saturated carbocycles. The number of benzene rings is 1. The van der Waals surface area contributed by atoms with Crippen LogP contribution >= 0.6 is 12.6 Å². The number of hydrogen-bond acceptors (Lipinski definition) is 3. The van der Waals surface area contributed by atoms with Gasteiger partial charge in [0, 0.05) is 24.5 Å². The van der Waals surface area contributed by atoms with Crippen molar-refractivity contribution in [2.45, 2.75) is 24.7 Å². The fourth-order valence-electron chi connectivity index (χ4n) is 1.85. The lowest BCUT2D eigenvalue weighted by Crippen LogP contribution is -2.38. The van der Waals surface area contributed by atoms with Crippen molar-refractivity contribution in [2.75, 3.05) is 33.7 Å². The number of likely N-dealkylation sites (N-methyl/N-ethyl adjacent to an activating group) is 1. The topological polar surface area (TPSA) is 23.6 Å². The van der Waals surface area contributed by atoms with Crippen LogP contribution in [0, 0.1) is 0 Å². The minimum absolute atomic E-state index is 0.204. The van der Waals surface area contributed by atoms with Gasteiger partial charge in [-0.2, -0.15) is 0 Å². The van der Waals surface area contributed by atoms with E-state index in [0.29, 0.717) is 6.42 Å². The van der Waals surface area contributed by atoms with Gasteiger partial charge in [0.15, 0.2) is 0 Å². The summed E-state index contributed by atoms with van der Waals surface area (Å²) in [5.74, 6) is 0.204. The SMILES string of the molecule is CCCN(CCN(C)C)C(=O)Cc1ccc(S)cc1. The standard InChI is InChI=1S/C15H24N2OS/c1-4-9-17(11-10-16(2)3)15(18)12-13-5-7-14(19)8-6-13/h5-8,19H,4,9-12H2,1-3H3. The van der Waals surface area contributed by atoms with Crippen LogP contribution in [0.15, 0.2) is 29.2 Å². The monoisotopic (exact) mass is 280 g/mol. The second-order valence-corrected chi connectivity index (χ2v) is 5.54. The molecule has 0 fully saturated rings. The Bertz CT molecular complexity index is 390. The molecule has 0 aliphatic carbocycles. The van der Waals surface area contributed by atoms with E-state index in [1.54, 1.807) is 0 Å². The third-order valence-electron chi connectivity index (χ3n) is 2.96. The van der Waals surface area contributed by atoms with Gasteiger partial charge in [-0.25, -0.2) is 0 Å². The molecule has 0 aromatic heterocycles. The van der Waals surface area contributed by atoms with Gasteiger partial charge < -0.3 is 9.80 Å². The van der Waals surface area contributed by atoms with Crippen LogP contribution in [0.5, 0.6) is 0 Å². The van der Waals surface area contributed by atoms with E-state index in [4.69, 9.17) is 0 Å². The summed E-state index contributed by atoms with van der Waals surface area (Å²) >= 11 is 4.25. The first-order valence-corrected chi connectivity index (χ1v) is 7.18. The molecule has 1 amide bonds. The van der Waals surface area contributed by atoms with Crippen LogP contribution in [-0.2, 0) is 11.2 Å². The number of hydrogen-bond donors (Lipinski definition) is 1. The smallest absolute Gasteiger partial charge is 0.227 e. The summed E-state index contributed by atoms with van der Waals surface area (Å²) in [5, 5.41) is 0. The number of rotatable bonds is 7. The molecular formula is C15H24N2OS. The van der Waals surface area contributed by atoms with E-state index in [9.17, 15) is 4.79 Å². The van der Waals surface area contributed by atoms with Crippen molar-refractivity contribution in [1.82, 2.24) is 9.80 Å². The van der Waals surface area contributed by atoms with E-state index in [1.807, 2.05) is 43.3 Å². The molecule has 19 heavy (non-hydrogen) atoms. The first-order valence-electron chi connectivity index (χ1n) is 6.73. The molecule has 106 valence electrons. The molecule has 0 radical (unpaired) electrons.